The van der Waals surface area contributed by atoms with Crippen LogP contribution in [0.1, 0.15) is 58.2 Å². The molecule has 0 saturated carbocycles. The van der Waals surface area contributed by atoms with Gasteiger partial charge < -0.3 is 14.2 Å². The van der Waals surface area contributed by atoms with Gasteiger partial charge in [0.15, 0.2) is 0 Å². The van der Waals surface area contributed by atoms with E-state index in [1.54, 1.807) is 0 Å². The fourth-order valence-corrected chi connectivity index (χ4v) is 2.42. The van der Waals surface area contributed by atoms with E-state index in [0.717, 1.165) is 0 Å². The molecular formula is C21H35N3O3. The summed E-state index contributed by atoms with van der Waals surface area (Å²) in [4.78, 5) is 2.66. The van der Waals surface area contributed by atoms with Crippen molar-refractivity contribution >= 4 is 0 Å². The van der Waals surface area contributed by atoms with E-state index in [-0.39, 0.29) is 10.8 Å². The van der Waals surface area contributed by atoms with Crippen LogP contribution in [0.3, 0.4) is 0 Å². The lowest BCUT2D eigenvalue weighted by molar-refractivity contribution is 0.0119. The molecule has 27 heavy (non-hydrogen) atoms. The summed E-state index contributed by atoms with van der Waals surface area (Å²) >= 11 is 0. The first kappa shape index (κ1) is 23.4. The highest BCUT2D eigenvalue weighted by atomic mass is 16.5. The summed E-state index contributed by atoms with van der Waals surface area (Å²) in [6.45, 7) is 16.9. The molecular weight excluding hydrogens is 342 g/mol. The summed E-state index contributed by atoms with van der Waals surface area (Å²) in [5, 5.41) is 3.40. The van der Waals surface area contributed by atoms with Crippen LogP contribution in [0.5, 0.6) is 0 Å². The van der Waals surface area contributed by atoms with E-state index in [1.807, 2.05) is 0 Å². The Balaban J connectivity index is 2.38. The van der Waals surface area contributed by atoms with E-state index < -0.39 is 0 Å². The fourth-order valence-electron chi connectivity index (χ4n) is 2.42. The molecule has 1 aromatic carbocycles. The van der Waals surface area contributed by atoms with Gasteiger partial charge in [-0.25, -0.2) is 0 Å². The van der Waals surface area contributed by atoms with Crippen LogP contribution in [-0.4, -0.2) is 39.6 Å². The lowest BCUT2D eigenvalue weighted by atomic mass is 9.79. The lowest BCUT2D eigenvalue weighted by Gasteiger charge is -2.26. The van der Waals surface area contributed by atoms with Crippen molar-refractivity contribution in [2.75, 3.05) is 39.6 Å². The van der Waals surface area contributed by atoms with Crippen molar-refractivity contribution in [3.63, 3.8) is 0 Å². The van der Waals surface area contributed by atoms with Gasteiger partial charge in [-0.1, -0.05) is 64.9 Å². The molecule has 0 heterocycles. The van der Waals surface area contributed by atoms with Gasteiger partial charge in [0.1, 0.15) is 0 Å². The number of ether oxygens (including phenoxy) is 3. The maximum Gasteiger partial charge on any atom is 0.0718 e. The monoisotopic (exact) mass is 377 g/mol. The molecule has 152 valence electrons. The lowest BCUT2D eigenvalue weighted by Crippen LogP contribution is -2.17. The van der Waals surface area contributed by atoms with E-state index in [0.29, 0.717) is 46.2 Å². The Hall–Kier alpha value is -1.59. The standard InChI is InChI=1S/C21H35N3O3/c1-20(2,3)18-13-17(14-19(15-18)21(4,5)6)16-27-12-11-26-10-9-25-8-7-23-24-22/h13-15H,7-12,16H2,1-6H3. The Bertz CT molecular complexity index is 580. The van der Waals surface area contributed by atoms with Crippen LogP contribution in [0.25, 0.3) is 10.4 Å². The zero-order valence-electron chi connectivity index (χ0n) is 17.7. The van der Waals surface area contributed by atoms with Crippen molar-refractivity contribution in [2.24, 2.45) is 5.11 Å². The van der Waals surface area contributed by atoms with E-state index in [1.165, 1.54) is 16.7 Å². The Labute approximate surface area is 163 Å². The molecule has 6 heteroatoms. The minimum atomic E-state index is 0.109. The largest absolute Gasteiger partial charge is 0.379 e. The number of rotatable bonds is 11. The molecule has 0 aliphatic heterocycles. The second-order valence-corrected chi connectivity index (χ2v) is 8.65. The number of nitrogens with zero attached hydrogens (tertiary/aromatic N) is 3. The first-order valence-corrected chi connectivity index (χ1v) is 9.53. The van der Waals surface area contributed by atoms with E-state index in [9.17, 15) is 0 Å². The average molecular weight is 378 g/mol. The Kier molecular flexibility index (Phi) is 9.81. The van der Waals surface area contributed by atoms with Crippen LogP contribution in [0.4, 0.5) is 0 Å². The van der Waals surface area contributed by atoms with Crippen molar-refractivity contribution in [3.8, 4) is 0 Å². The Morgan fingerprint density at radius 3 is 1.74 bits per heavy atom. The summed E-state index contributed by atoms with van der Waals surface area (Å²) in [5.74, 6) is 0. The molecule has 0 unspecified atom stereocenters. The minimum Gasteiger partial charge on any atom is -0.379 e. The van der Waals surface area contributed by atoms with Gasteiger partial charge >= 0.3 is 0 Å². The Morgan fingerprint density at radius 2 is 1.26 bits per heavy atom. The van der Waals surface area contributed by atoms with Crippen LogP contribution < -0.4 is 0 Å². The quantitative estimate of drug-likeness (QED) is 0.232. The van der Waals surface area contributed by atoms with Crippen LogP contribution in [0, 0.1) is 0 Å². The minimum absolute atomic E-state index is 0.109. The van der Waals surface area contributed by atoms with Crippen molar-refractivity contribution in [1.29, 1.82) is 0 Å². The van der Waals surface area contributed by atoms with Gasteiger partial charge in [0, 0.05) is 11.5 Å². The second-order valence-electron chi connectivity index (χ2n) is 8.65. The molecule has 0 saturated heterocycles. The molecule has 6 nitrogen and oxygen atoms in total. The third-order valence-corrected chi connectivity index (χ3v) is 4.14. The summed E-state index contributed by atoms with van der Waals surface area (Å²) in [7, 11) is 0. The maximum absolute atomic E-state index is 8.15. The van der Waals surface area contributed by atoms with Gasteiger partial charge in [-0.3, -0.25) is 0 Å². The number of hydrogen-bond acceptors (Lipinski definition) is 4. The van der Waals surface area contributed by atoms with Crippen LogP contribution in [0.2, 0.25) is 0 Å². The van der Waals surface area contributed by atoms with E-state index in [4.69, 9.17) is 19.7 Å². The fraction of sp³-hybridized carbons (Fsp3) is 0.714. The number of azide groups is 1. The number of hydrogen-bond donors (Lipinski definition) is 0. The van der Waals surface area contributed by atoms with Crippen LogP contribution in [0.15, 0.2) is 23.3 Å². The van der Waals surface area contributed by atoms with E-state index in [2.05, 4.69) is 69.8 Å². The summed E-state index contributed by atoms with van der Waals surface area (Å²) in [6, 6.07) is 6.80. The average Bonchev–Trinajstić information content (AvgIpc) is 2.58. The third-order valence-electron chi connectivity index (χ3n) is 4.14. The molecule has 0 amide bonds. The third kappa shape index (κ3) is 9.78. The smallest absolute Gasteiger partial charge is 0.0718 e. The molecule has 0 aliphatic rings. The predicted octanol–water partition coefficient (Wildman–Crippen LogP) is 5.14. The summed E-state index contributed by atoms with van der Waals surface area (Å²) in [6.07, 6.45) is 0. The maximum atomic E-state index is 8.15. The van der Waals surface area contributed by atoms with Gasteiger partial charge in [0.2, 0.25) is 0 Å². The van der Waals surface area contributed by atoms with Crippen molar-refractivity contribution in [2.45, 2.75) is 59.0 Å². The molecule has 0 bridgehead atoms. The van der Waals surface area contributed by atoms with Gasteiger partial charge in [0.05, 0.1) is 39.6 Å². The molecule has 0 aliphatic carbocycles. The van der Waals surface area contributed by atoms with Crippen LogP contribution in [-0.2, 0) is 31.6 Å². The molecule has 0 fully saturated rings. The molecule has 0 atom stereocenters. The highest BCUT2D eigenvalue weighted by molar-refractivity contribution is 5.37. The first-order valence-electron chi connectivity index (χ1n) is 9.53. The van der Waals surface area contributed by atoms with Crippen molar-refractivity contribution < 1.29 is 14.2 Å². The summed E-state index contributed by atoms with van der Waals surface area (Å²) in [5.41, 5.74) is 12.2. The normalized spacial score (nSPS) is 12.1. The van der Waals surface area contributed by atoms with E-state index >= 15 is 0 Å². The van der Waals surface area contributed by atoms with Gasteiger partial charge in [0.25, 0.3) is 0 Å². The second kappa shape index (κ2) is 11.3. The molecule has 1 aromatic rings. The number of benzene rings is 1. The van der Waals surface area contributed by atoms with Crippen molar-refractivity contribution in [1.82, 2.24) is 0 Å². The predicted molar refractivity (Wildman–Crippen MR) is 109 cm³/mol. The molecule has 1 rings (SSSR count). The van der Waals surface area contributed by atoms with Crippen LogP contribution >= 0.6 is 0 Å². The van der Waals surface area contributed by atoms with Gasteiger partial charge in [-0.2, -0.15) is 0 Å². The van der Waals surface area contributed by atoms with Crippen molar-refractivity contribution in [3.05, 3.63) is 45.3 Å². The van der Waals surface area contributed by atoms with Gasteiger partial charge in [-0.15, -0.1) is 0 Å². The zero-order valence-corrected chi connectivity index (χ0v) is 17.7. The zero-order chi connectivity index (χ0) is 20.3. The molecule has 0 N–H and O–H groups in total. The SMILES string of the molecule is CC(C)(C)c1cc(COCCOCCOCCN=[N+]=[N-])cc(C(C)(C)C)c1. The topological polar surface area (TPSA) is 76.5 Å². The summed E-state index contributed by atoms with van der Waals surface area (Å²) < 4.78 is 16.5. The Morgan fingerprint density at radius 1 is 0.778 bits per heavy atom. The highest BCUT2D eigenvalue weighted by Gasteiger charge is 2.20. The first-order chi connectivity index (χ1) is 12.6. The molecule has 0 radical (unpaired) electrons. The van der Waals surface area contributed by atoms with Gasteiger partial charge in [-0.05, 0) is 33.1 Å². The molecule has 0 spiro atoms. The highest BCUT2D eigenvalue weighted by Crippen LogP contribution is 2.30. The molecule has 0 aromatic heterocycles.